The van der Waals surface area contributed by atoms with E-state index >= 15 is 0 Å². The summed E-state index contributed by atoms with van der Waals surface area (Å²) in [7, 11) is 0. The Morgan fingerprint density at radius 2 is 2.38 bits per heavy atom. The van der Waals surface area contributed by atoms with Crippen molar-refractivity contribution < 1.29 is 4.74 Å². The number of ether oxygens (including phenoxy) is 1. The molecule has 1 aromatic rings. The Kier molecular flexibility index (Phi) is 3.84. The van der Waals surface area contributed by atoms with Gasteiger partial charge < -0.3 is 4.74 Å². The smallest absolute Gasteiger partial charge is 0.287 e. The van der Waals surface area contributed by atoms with Gasteiger partial charge in [0.25, 0.3) is 5.56 Å². The quantitative estimate of drug-likeness (QED) is 0.839. The number of hydrogen-bond acceptors (Lipinski definition) is 3. The molecule has 1 atom stereocenters. The Labute approximate surface area is 103 Å². The minimum atomic E-state index is -0.341. The average Bonchev–Trinajstić information content (AvgIpc) is 2.78. The van der Waals surface area contributed by atoms with Gasteiger partial charge in [-0.2, -0.15) is 5.10 Å². The van der Waals surface area contributed by atoms with Gasteiger partial charge in [0.15, 0.2) is 0 Å². The fraction of sp³-hybridized carbons (Fsp3) is 0.600. The van der Waals surface area contributed by atoms with Crippen molar-refractivity contribution in [1.82, 2.24) is 9.78 Å². The number of rotatable bonds is 3. The molecule has 1 unspecified atom stereocenters. The van der Waals surface area contributed by atoms with Crippen LogP contribution in [0.5, 0.6) is 0 Å². The third-order valence-corrected chi connectivity index (χ3v) is 3.38. The predicted molar refractivity (Wildman–Crippen MR) is 62.1 cm³/mol. The van der Waals surface area contributed by atoms with Crippen molar-refractivity contribution in [3.8, 4) is 0 Å². The highest BCUT2D eigenvalue weighted by atomic mass is 35.5. The SMILES string of the molecule is O=c1c(Cl)c(Cl)cnn1CCC1CCCO1. The van der Waals surface area contributed by atoms with Gasteiger partial charge in [0.05, 0.1) is 17.3 Å². The van der Waals surface area contributed by atoms with Gasteiger partial charge >= 0.3 is 0 Å². The first-order chi connectivity index (χ1) is 7.68. The summed E-state index contributed by atoms with van der Waals surface area (Å²) in [6.07, 6.45) is 4.55. The van der Waals surface area contributed by atoms with Gasteiger partial charge in [-0.15, -0.1) is 0 Å². The molecule has 6 heteroatoms. The molecular formula is C10H12Cl2N2O2. The largest absolute Gasteiger partial charge is 0.378 e. The van der Waals surface area contributed by atoms with Crippen molar-refractivity contribution in [2.24, 2.45) is 0 Å². The molecule has 0 bridgehead atoms. The van der Waals surface area contributed by atoms with Crippen LogP contribution in [0.25, 0.3) is 0 Å². The first-order valence-electron chi connectivity index (χ1n) is 5.21. The van der Waals surface area contributed by atoms with Gasteiger partial charge in [-0.1, -0.05) is 23.2 Å². The molecule has 4 nitrogen and oxygen atoms in total. The van der Waals surface area contributed by atoms with Crippen LogP contribution in [0, 0.1) is 0 Å². The monoisotopic (exact) mass is 262 g/mol. The molecule has 2 heterocycles. The zero-order valence-corrected chi connectivity index (χ0v) is 10.2. The summed E-state index contributed by atoms with van der Waals surface area (Å²) >= 11 is 11.4. The number of nitrogens with zero attached hydrogens (tertiary/aromatic N) is 2. The Hall–Kier alpha value is -0.580. The lowest BCUT2D eigenvalue weighted by Gasteiger charge is -2.10. The van der Waals surface area contributed by atoms with Crippen LogP contribution in [0.1, 0.15) is 19.3 Å². The first-order valence-corrected chi connectivity index (χ1v) is 5.97. The highest BCUT2D eigenvalue weighted by Crippen LogP contribution is 2.17. The van der Waals surface area contributed by atoms with E-state index in [0.29, 0.717) is 6.54 Å². The molecule has 1 aromatic heterocycles. The Morgan fingerprint density at radius 3 is 3.06 bits per heavy atom. The Morgan fingerprint density at radius 1 is 1.56 bits per heavy atom. The molecule has 0 radical (unpaired) electrons. The Balaban J connectivity index is 2.04. The standard InChI is InChI=1S/C10H12Cl2N2O2/c11-8-6-13-14(10(15)9(8)12)4-3-7-2-1-5-16-7/h6-7H,1-5H2. The fourth-order valence-corrected chi connectivity index (χ4v) is 2.01. The highest BCUT2D eigenvalue weighted by Gasteiger charge is 2.16. The van der Waals surface area contributed by atoms with Gasteiger partial charge in [-0.05, 0) is 19.3 Å². The lowest BCUT2D eigenvalue weighted by Crippen LogP contribution is -2.25. The van der Waals surface area contributed by atoms with Crippen molar-refractivity contribution in [3.63, 3.8) is 0 Å². The summed E-state index contributed by atoms with van der Waals surface area (Å²) < 4.78 is 6.80. The molecule has 16 heavy (non-hydrogen) atoms. The molecule has 0 N–H and O–H groups in total. The molecule has 2 rings (SSSR count). The second kappa shape index (κ2) is 5.17. The van der Waals surface area contributed by atoms with Gasteiger partial charge in [0.1, 0.15) is 5.02 Å². The maximum atomic E-state index is 11.6. The number of hydrogen-bond donors (Lipinski definition) is 0. The molecule has 88 valence electrons. The topological polar surface area (TPSA) is 44.1 Å². The van der Waals surface area contributed by atoms with E-state index in [1.807, 2.05) is 0 Å². The summed E-state index contributed by atoms with van der Waals surface area (Å²) in [6.45, 7) is 1.33. The number of halogens is 2. The summed E-state index contributed by atoms with van der Waals surface area (Å²) in [5.74, 6) is 0. The number of aromatic nitrogens is 2. The molecule has 1 saturated heterocycles. The lowest BCUT2D eigenvalue weighted by molar-refractivity contribution is 0.0990. The van der Waals surface area contributed by atoms with E-state index in [0.717, 1.165) is 25.9 Å². The van der Waals surface area contributed by atoms with Crippen molar-refractivity contribution in [3.05, 3.63) is 26.6 Å². The van der Waals surface area contributed by atoms with Crippen LogP contribution in [-0.2, 0) is 11.3 Å². The van der Waals surface area contributed by atoms with Gasteiger partial charge in [-0.3, -0.25) is 4.79 Å². The van der Waals surface area contributed by atoms with Crippen LogP contribution in [-0.4, -0.2) is 22.5 Å². The predicted octanol–water partition coefficient (Wildman–Crippen LogP) is 2.12. The average molecular weight is 263 g/mol. The van der Waals surface area contributed by atoms with E-state index in [4.69, 9.17) is 27.9 Å². The summed E-state index contributed by atoms with van der Waals surface area (Å²) in [6, 6.07) is 0. The molecule has 0 aromatic carbocycles. The molecule has 1 aliphatic rings. The zero-order chi connectivity index (χ0) is 11.5. The van der Waals surface area contributed by atoms with Crippen LogP contribution >= 0.6 is 23.2 Å². The second-order valence-corrected chi connectivity index (χ2v) is 4.54. The summed E-state index contributed by atoms with van der Waals surface area (Å²) in [5.41, 5.74) is -0.341. The van der Waals surface area contributed by atoms with Crippen LogP contribution in [0.2, 0.25) is 10.0 Å². The van der Waals surface area contributed by atoms with Crippen LogP contribution < -0.4 is 5.56 Å². The maximum absolute atomic E-state index is 11.6. The van der Waals surface area contributed by atoms with E-state index in [-0.39, 0.29) is 21.7 Å². The summed E-state index contributed by atoms with van der Waals surface area (Å²) in [4.78, 5) is 11.6. The third-order valence-electron chi connectivity index (χ3n) is 2.63. The molecule has 0 amide bonds. The molecule has 1 aliphatic heterocycles. The molecule has 0 spiro atoms. The van der Waals surface area contributed by atoms with Crippen molar-refractivity contribution >= 4 is 23.2 Å². The second-order valence-electron chi connectivity index (χ2n) is 3.76. The highest BCUT2D eigenvalue weighted by molar-refractivity contribution is 6.41. The van der Waals surface area contributed by atoms with Crippen molar-refractivity contribution in [1.29, 1.82) is 0 Å². The number of aryl methyl sites for hydroxylation is 1. The fourth-order valence-electron chi connectivity index (χ4n) is 1.74. The Bertz CT molecular complexity index is 427. The van der Waals surface area contributed by atoms with E-state index in [1.54, 1.807) is 0 Å². The van der Waals surface area contributed by atoms with E-state index in [9.17, 15) is 4.79 Å². The van der Waals surface area contributed by atoms with E-state index in [2.05, 4.69) is 5.10 Å². The molecule has 0 aliphatic carbocycles. The third kappa shape index (κ3) is 2.56. The van der Waals surface area contributed by atoms with E-state index < -0.39 is 0 Å². The normalized spacial score (nSPS) is 20.2. The lowest BCUT2D eigenvalue weighted by atomic mass is 10.2. The molecular weight excluding hydrogens is 251 g/mol. The van der Waals surface area contributed by atoms with Crippen molar-refractivity contribution in [2.75, 3.05) is 6.61 Å². The zero-order valence-electron chi connectivity index (χ0n) is 8.66. The van der Waals surface area contributed by atoms with Gasteiger partial charge in [0.2, 0.25) is 0 Å². The van der Waals surface area contributed by atoms with E-state index in [1.165, 1.54) is 10.9 Å². The molecule has 0 saturated carbocycles. The van der Waals surface area contributed by atoms with Crippen LogP contribution in [0.3, 0.4) is 0 Å². The van der Waals surface area contributed by atoms with Crippen molar-refractivity contribution in [2.45, 2.75) is 31.9 Å². The molecule has 1 fully saturated rings. The van der Waals surface area contributed by atoms with Gasteiger partial charge in [-0.25, -0.2) is 4.68 Å². The summed E-state index contributed by atoms with van der Waals surface area (Å²) in [5, 5.41) is 4.16. The first kappa shape index (κ1) is 11.9. The minimum Gasteiger partial charge on any atom is -0.378 e. The van der Waals surface area contributed by atoms with Crippen LogP contribution in [0.4, 0.5) is 0 Å². The van der Waals surface area contributed by atoms with Crippen LogP contribution in [0.15, 0.2) is 11.0 Å². The minimum absolute atomic E-state index is 0.0315. The maximum Gasteiger partial charge on any atom is 0.287 e. The van der Waals surface area contributed by atoms with Gasteiger partial charge in [0, 0.05) is 13.2 Å².